The predicted octanol–water partition coefficient (Wildman–Crippen LogP) is 5.24. The minimum atomic E-state index is -1.03. The van der Waals surface area contributed by atoms with Crippen molar-refractivity contribution in [2.24, 2.45) is 17.8 Å². The molecular weight excluding hydrogens is 561 g/mol. The number of amides is 2. The Balaban J connectivity index is 1.40. The second-order valence-corrected chi connectivity index (χ2v) is 12.5. The molecule has 4 aliphatic rings. The molecule has 0 spiro atoms. The summed E-state index contributed by atoms with van der Waals surface area (Å²) in [7, 11) is -1.03. The summed E-state index contributed by atoms with van der Waals surface area (Å²) in [6.07, 6.45) is 10.2. The van der Waals surface area contributed by atoms with Crippen molar-refractivity contribution in [3.8, 4) is 5.75 Å². The van der Waals surface area contributed by atoms with Crippen LogP contribution in [-0.2, 0) is 14.2 Å². The topological polar surface area (TPSA) is 107 Å². The molecule has 1 aromatic rings. The van der Waals surface area contributed by atoms with Crippen LogP contribution in [0.2, 0.25) is 6.32 Å². The number of hydrogen-bond acceptors (Lipinski definition) is 6. The van der Waals surface area contributed by atoms with Crippen molar-refractivity contribution in [2.45, 2.75) is 89.6 Å². The average molecular weight is 600 g/mol. The standard InChI is InChI=1S/C30H39BBrNO6/c1-2-6-18(13-19-14-21(32)10-11-25(19)35)9-12-26-27-20(17-34)15-23-28(24(27)16-31(38)39-26)30(37)33(29(23)36)22-7-4-3-5-8-22/h10-11,13-14,22-24,26,28,34-35,38H,2-9,12,15-17H2,1H3/b18-13+/t23-,24+,26-,28-/m1/s1. The van der Waals surface area contributed by atoms with E-state index in [2.05, 4.69) is 22.9 Å². The Morgan fingerprint density at radius 3 is 2.64 bits per heavy atom. The number of aromatic hydroxyl groups is 1. The summed E-state index contributed by atoms with van der Waals surface area (Å²) in [5.41, 5.74) is 3.60. The molecule has 5 rings (SSSR count). The predicted molar refractivity (Wildman–Crippen MR) is 154 cm³/mol. The fourth-order valence-corrected chi connectivity index (χ4v) is 7.78. The highest BCUT2D eigenvalue weighted by atomic mass is 79.9. The zero-order valence-corrected chi connectivity index (χ0v) is 24.2. The number of halogens is 1. The van der Waals surface area contributed by atoms with Gasteiger partial charge < -0.3 is 19.9 Å². The first-order chi connectivity index (χ1) is 18.8. The summed E-state index contributed by atoms with van der Waals surface area (Å²) in [5.74, 6) is -1.24. The normalized spacial score (nSPS) is 28.3. The number of nitrogens with zero attached hydrogens (tertiary/aromatic N) is 1. The molecule has 3 N–H and O–H groups in total. The van der Waals surface area contributed by atoms with E-state index in [-0.39, 0.29) is 42.5 Å². The molecule has 2 aliphatic carbocycles. The summed E-state index contributed by atoms with van der Waals surface area (Å²) >= 11 is 3.47. The van der Waals surface area contributed by atoms with E-state index < -0.39 is 25.1 Å². The Bertz CT molecular complexity index is 1160. The molecule has 2 aliphatic heterocycles. The number of allylic oxidation sites excluding steroid dienone is 1. The number of hydrogen-bond donors (Lipinski definition) is 3. The number of phenols is 1. The van der Waals surface area contributed by atoms with Crippen molar-refractivity contribution < 1.29 is 29.5 Å². The number of likely N-dealkylation sites (tertiary alicyclic amines) is 1. The van der Waals surface area contributed by atoms with E-state index in [0.29, 0.717) is 19.3 Å². The van der Waals surface area contributed by atoms with Crippen LogP contribution in [0, 0.1) is 17.8 Å². The summed E-state index contributed by atoms with van der Waals surface area (Å²) in [4.78, 5) is 28.9. The molecular formula is C30H39BBrNO6. The van der Waals surface area contributed by atoms with Gasteiger partial charge in [-0.2, -0.15) is 0 Å². The maximum Gasteiger partial charge on any atom is 0.455 e. The van der Waals surface area contributed by atoms with Crippen molar-refractivity contribution >= 4 is 40.9 Å². The summed E-state index contributed by atoms with van der Waals surface area (Å²) in [6.45, 7) is 1.93. The molecule has 7 nitrogen and oxygen atoms in total. The van der Waals surface area contributed by atoms with Gasteiger partial charge in [0.1, 0.15) is 5.75 Å². The largest absolute Gasteiger partial charge is 0.507 e. The van der Waals surface area contributed by atoms with E-state index in [4.69, 9.17) is 4.65 Å². The SMILES string of the molecule is CCC/C(=C\c1cc(Br)ccc1O)CC[C@H]1OB(O)C[C@H]2C1=C(CO)C[C@H]1C(=O)N(C3CCCCC3)C(=O)[C@H]12. The number of benzene rings is 1. The highest BCUT2D eigenvalue weighted by Gasteiger charge is 2.58. The molecule has 210 valence electrons. The molecule has 2 amide bonds. The Hall–Kier alpha value is -1.94. The molecule has 9 heteroatoms. The van der Waals surface area contributed by atoms with E-state index in [1.165, 1.54) is 0 Å². The van der Waals surface area contributed by atoms with Crippen LogP contribution in [0.3, 0.4) is 0 Å². The number of rotatable bonds is 8. The smallest absolute Gasteiger partial charge is 0.455 e. The molecule has 1 aromatic carbocycles. The Kier molecular flexibility index (Phi) is 9.01. The Labute approximate surface area is 239 Å². The van der Waals surface area contributed by atoms with E-state index >= 15 is 0 Å². The third kappa shape index (κ3) is 5.78. The molecule has 39 heavy (non-hydrogen) atoms. The number of carbonyl (C=O) groups is 2. The van der Waals surface area contributed by atoms with Gasteiger partial charge >= 0.3 is 7.12 Å². The van der Waals surface area contributed by atoms with Crippen LogP contribution < -0.4 is 0 Å². The van der Waals surface area contributed by atoms with Crippen LogP contribution in [0.1, 0.15) is 76.7 Å². The van der Waals surface area contributed by atoms with Crippen molar-refractivity contribution in [1.82, 2.24) is 4.90 Å². The van der Waals surface area contributed by atoms with Gasteiger partial charge in [-0.1, -0.05) is 60.2 Å². The second kappa shape index (κ2) is 12.3. The molecule has 0 aromatic heterocycles. The van der Waals surface area contributed by atoms with Crippen molar-refractivity contribution in [2.75, 3.05) is 6.61 Å². The van der Waals surface area contributed by atoms with Crippen molar-refractivity contribution in [3.63, 3.8) is 0 Å². The van der Waals surface area contributed by atoms with Crippen molar-refractivity contribution in [3.05, 3.63) is 45.0 Å². The molecule has 3 fully saturated rings. The quantitative estimate of drug-likeness (QED) is 0.214. The van der Waals surface area contributed by atoms with Gasteiger partial charge in [-0.25, -0.2) is 0 Å². The first-order valence-corrected chi connectivity index (χ1v) is 15.3. The summed E-state index contributed by atoms with van der Waals surface area (Å²) in [6, 6.07) is 5.32. The van der Waals surface area contributed by atoms with E-state index in [0.717, 1.165) is 71.7 Å². The molecule has 0 unspecified atom stereocenters. The fourth-order valence-electron chi connectivity index (χ4n) is 7.40. The third-order valence-electron chi connectivity index (χ3n) is 9.12. The number of imide groups is 1. The number of carbonyl (C=O) groups excluding carboxylic acids is 2. The van der Waals surface area contributed by atoms with Crippen molar-refractivity contribution in [1.29, 1.82) is 0 Å². The molecule has 0 bridgehead atoms. The number of aliphatic hydroxyl groups excluding tert-OH is 1. The van der Waals surface area contributed by atoms with E-state index in [1.807, 2.05) is 12.1 Å². The number of aliphatic hydroxyl groups is 1. The highest BCUT2D eigenvalue weighted by molar-refractivity contribution is 9.10. The van der Waals surface area contributed by atoms with Crippen LogP contribution in [0.25, 0.3) is 6.08 Å². The van der Waals surface area contributed by atoms with Crippen LogP contribution >= 0.6 is 15.9 Å². The van der Waals surface area contributed by atoms with E-state index in [9.17, 15) is 24.8 Å². The van der Waals surface area contributed by atoms with E-state index in [1.54, 1.807) is 17.0 Å². The molecule has 0 radical (unpaired) electrons. The van der Waals surface area contributed by atoms with Crippen LogP contribution in [0.5, 0.6) is 5.75 Å². The van der Waals surface area contributed by atoms with Crippen LogP contribution in [0.4, 0.5) is 0 Å². The molecule has 4 atom stereocenters. The number of fused-ring (bicyclic) bond motifs is 3. The number of phenolic OH excluding ortho intramolecular Hbond substituents is 1. The monoisotopic (exact) mass is 599 g/mol. The minimum absolute atomic E-state index is 0.0258. The lowest BCUT2D eigenvalue weighted by atomic mass is 9.58. The first kappa shape index (κ1) is 28.6. The van der Waals surface area contributed by atoms with Gasteiger partial charge in [0.25, 0.3) is 0 Å². The van der Waals surface area contributed by atoms with Crippen LogP contribution in [0.15, 0.2) is 39.4 Å². The van der Waals surface area contributed by atoms with Crippen LogP contribution in [-0.4, -0.2) is 57.8 Å². The minimum Gasteiger partial charge on any atom is -0.507 e. The van der Waals surface area contributed by atoms with Gasteiger partial charge in [0.05, 0.1) is 24.5 Å². The maximum atomic E-state index is 13.8. The molecule has 2 heterocycles. The lowest BCUT2D eigenvalue weighted by Crippen LogP contribution is -2.47. The maximum absolute atomic E-state index is 13.8. The zero-order valence-electron chi connectivity index (χ0n) is 22.7. The lowest BCUT2D eigenvalue weighted by molar-refractivity contribution is -0.143. The zero-order chi connectivity index (χ0) is 27.7. The average Bonchev–Trinajstić information content (AvgIpc) is 3.18. The summed E-state index contributed by atoms with van der Waals surface area (Å²) < 4.78 is 6.94. The van der Waals surface area contributed by atoms with Gasteiger partial charge in [0, 0.05) is 16.1 Å². The van der Waals surface area contributed by atoms with Gasteiger partial charge in [0.2, 0.25) is 11.8 Å². The van der Waals surface area contributed by atoms with Gasteiger partial charge in [0.15, 0.2) is 0 Å². The highest BCUT2D eigenvalue weighted by Crippen LogP contribution is 2.51. The summed E-state index contributed by atoms with van der Waals surface area (Å²) in [5, 5.41) is 31.5. The second-order valence-electron chi connectivity index (χ2n) is 11.6. The fraction of sp³-hybridized carbons (Fsp3) is 0.600. The molecule has 2 saturated heterocycles. The Morgan fingerprint density at radius 1 is 1.15 bits per heavy atom. The first-order valence-electron chi connectivity index (χ1n) is 14.5. The molecule has 1 saturated carbocycles. The lowest BCUT2D eigenvalue weighted by Gasteiger charge is -2.43. The Morgan fingerprint density at radius 2 is 1.92 bits per heavy atom. The third-order valence-corrected chi connectivity index (χ3v) is 9.61. The van der Waals surface area contributed by atoms with Gasteiger partial charge in [-0.05, 0) is 80.1 Å². The van der Waals surface area contributed by atoms with Gasteiger partial charge in [-0.3, -0.25) is 14.5 Å². The van der Waals surface area contributed by atoms with Gasteiger partial charge in [-0.15, -0.1) is 0 Å².